The van der Waals surface area contributed by atoms with Gasteiger partial charge in [-0.1, -0.05) is 53.8 Å². The Morgan fingerprint density at radius 3 is 2.03 bits per heavy atom. The molecule has 0 aromatic heterocycles. The fraction of sp³-hybridized carbons (Fsp3) is 0.304. The Kier molecular flexibility index (Phi) is 8.30. The van der Waals surface area contributed by atoms with Gasteiger partial charge in [0.25, 0.3) is 5.91 Å². The largest absolute Gasteiger partial charge is 0.491 e. The van der Waals surface area contributed by atoms with E-state index in [1.165, 1.54) is 17.3 Å². The minimum Gasteiger partial charge on any atom is -0.491 e. The number of hydrogen-bond acceptors (Lipinski definition) is 6. The Labute approximate surface area is 187 Å². The minimum absolute atomic E-state index is 0.0312. The number of carbonyl (C=O) groups is 1. The van der Waals surface area contributed by atoms with Gasteiger partial charge in [-0.25, -0.2) is 0 Å². The van der Waals surface area contributed by atoms with Crippen molar-refractivity contribution in [3.05, 3.63) is 64.6 Å². The van der Waals surface area contributed by atoms with Crippen LogP contribution in [0.4, 0.5) is 0 Å². The van der Waals surface area contributed by atoms with Crippen molar-refractivity contribution in [1.82, 2.24) is 4.90 Å². The van der Waals surface area contributed by atoms with Crippen LogP contribution in [0.15, 0.2) is 53.4 Å². The maximum atomic E-state index is 12.3. The lowest BCUT2D eigenvalue weighted by atomic mass is 10.2. The molecule has 5 nitrogen and oxygen atoms in total. The number of nitrogens with zero attached hydrogens (tertiary/aromatic N) is 1. The summed E-state index contributed by atoms with van der Waals surface area (Å²) in [6.45, 7) is 6.50. The van der Waals surface area contributed by atoms with E-state index in [0.717, 1.165) is 17.1 Å². The monoisotopic (exact) mass is 443 g/mol. The number of benzene rings is 2. The van der Waals surface area contributed by atoms with Crippen molar-refractivity contribution in [2.24, 2.45) is 0 Å². The van der Waals surface area contributed by atoms with Crippen molar-refractivity contribution in [2.75, 3.05) is 33.0 Å². The highest BCUT2D eigenvalue weighted by atomic mass is 32.2. The fourth-order valence-corrected chi connectivity index (χ4v) is 4.14. The number of thiocarbonyl (C=S) groups is 1. The van der Waals surface area contributed by atoms with Gasteiger partial charge in [-0.15, -0.1) is 0 Å². The normalized spacial score (nSPS) is 15.1. The van der Waals surface area contributed by atoms with Gasteiger partial charge in [-0.3, -0.25) is 9.69 Å². The minimum atomic E-state index is -0.0312. The number of thioether (sulfide) groups is 1. The van der Waals surface area contributed by atoms with Crippen molar-refractivity contribution < 1.29 is 19.0 Å². The van der Waals surface area contributed by atoms with E-state index in [0.29, 0.717) is 42.2 Å². The van der Waals surface area contributed by atoms with Crippen LogP contribution in [0.25, 0.3) is 6.08 Å². The van der Waals surface area contributed by atoms with Gasteiger partial charge in [0.2, 0.25) is 0 Å². The highest BCUT2D eigenvalue weighted by Crippen LogP contribution is 2.32. The van der Waals surface area contributed by atoms with E-state index in [1.54, 1.807) is 4.90 Å². The number of aryl methyl sites for hydroxylation is 1. The van der Waals surface area contributed by atoms with Gasteiger partial charge in [-0.05, 0) is 49.8 Å². The third kappa shape index (κ3) is 6.32. The SMILES string of the molecule is CCN1C(=O)/C(=C\c2ccc(OCCOCCOc3ccc(C)cc3)cc2)SC1=S. The molecule has 0 unspecified atom stereocenters. The lowest BCUT2D eigenvalue weighted by molar-refractivity contribution is -0.121. The zero-order valence-electron chi connectivity index (χ0n) is 17.1. The van der Waals surface area contributed by atoms with Crippen LogP contribution in [0.5, 0.6) is 11.5 Å². The number of carbonyl (C=O) groups excluding carboxylic acids is 1. The van der Waals surface area contributed by atoms with Crippen LogP contribution in [-0.4, -0.2) is 48.1 Å². The summed E-state index contributed by atoms with van der Waals surface area (Å²) < 4.78 is 17.5. The second-order valence-corrected chi connectivity index (χ2v) is 8.29. The fourth-order valence-electron chi connectivity index (χ4n) is 2.76. The van der Waals surface area contributed by atoms with Crippen LogP contribution in [0.3, 0.4) is 0 Å². The first-order valence-electron chi connectivity index (χ1n) is 9.82. The van der Waals surface area contributed by atoms with Gasteiger partial charge in [0.15, 0.2) is 0 Å². The number of hydrogen-bond donors (Lipinski definition) is 0. The van der Waals surface area contributed by atoms with Gasteiger partial charge in [0, 0.05) is 6.54 Å². The Bertz CT molecular complexity index is 894. The summed E-state index contributed by atoms with van der Waals surface area (Å²) in [7, 11) is 0. The first-order chi connectivity index (χ1) is 14.6. The molecule has 0 atom stereocenters. The highest BCUT2D eigenvalue weighted by Gasteiger charge is 2.30. The molecule has 7 heteroatoms. The van der Waals surface area contributed by atoms with Crippen molar-refractivity contribution in [3.8, 4) is 11.5 Å². The molecule has 1 heterocycles. The molecular formula is C23H25NO4S2. The topological polar surface area (TPSA) is 48.0 Å². The molecule has 0 spiro atoms. The van der Waals surface area contributed by atoms with E-state index in [9.17, 15) is 4.79 Å². The average molecular weight is 444 g/mol. The zero-order chi connectivity index (χ0) is 21.3. The molecule has 158 valence electrons. The van der Waals surface area contributed by atoms with E-state index >= 15 is 0 Å². The van der Waals surface area contributed by atoms with Crippen LogP contribution >= 0.6 is 24.0 Å². The summed E-state index contributed by atoms with van der Waals surface area (Å²) in [5.41, 5.74) is 2.14. The summed E-state index contributed by atoms with van der Waals surface area (Å²) >= 11 is 6.57. The Morgan fingerprint density at radius 2 is 1.50 bits per heavy atom. The molecule has 1 aliphatic rings. The van der Waals surface area contributed by atoms with Crippen molar-refractivity contribution in [1.29, 1.82) is 0 Å². The van der Waals surface area contributed by atoms with Gasteiger partial charge in [-0.2, -0.15) is 0 Å². The molecule has 3 rings (SSSR count). The molecular weight excluding hydrogens is 418 g/mol. The molecule has 1 aliphatic heterocycles. The van der Waals surface area contributed by atoms with E-state index < -0.39 is 0 Å². The highest BCUT2D eigenvalue weighted by molar-refractivity contribution is 8.26. The van der Waals surface area contributed by atoms with E-state index in [-0.39, 0.29) is 5.91 Å². The predicted octanol–water partition coefficient (Wildman–Crippen LogP) is 4.69. The molecule has 1 saturated heterocycles. The van der Waals surface area contributed by atoms with Crippen LogP contribution in [0, 0.1) is 6.92 Å². The Morgan fingerprint density at radius 1 is 0.933 bits per heavy atom. The molecule has 2 aromatic rings. The standard InChI is InChI=1S/C23H25NO4S2/c1-3-24-22(25)21(30-23(24)29)16-18-6-10-20(11-7-18)28-15-13-26-12-14-27-19-8-4-17(2)5-9-19/h4-11,16H,3,12-15H2,1-2H3/b21-16+. The molecule has 1 amide bonds. The van der Waals surface area contributed by atoms with Crippen molar-refractivity contribution in [2.45, 2.75) is 13.8 Å². The van der Waals surface area contributed by atoms with Crippen LogP contribution < -0.4 is 9.47 Å². The lowest BCUT2D eigenvalue weighted by Gasteiger charge is -2.09. The van der Waals surface area contributed by atoms with E-state index in [1.807, 2.05) is 68.5 Å². The second-order valence-electron chi connectivity index (χ2n) is 6.62. The summed E-state index contributed by atoms with van der Waals surface area (Å²) in [6, 6.07) is 15.5. The summed E-state index contributed by atoms with van der Waals surface area (Å²) in [6.07, 6.45) is 1.86. The van der Waals surface area contributed by atoms with E-state index in [2.05, 4.69) is 0 Å². The quantitative estimate of drug-likeness (QED) is 0.302. The zero-order valence-corrected chi connectivity index (χ0v) is 18.8. The van der Waals surface area contributed by atoms with E-state index in [4.69, 9.17) is 26.4 Å². The summed E-state index contributed by atoms with van der Waals surface area (Å²) in [5.74, 6) is 1.57. The summed E-state index contributed by atoms with van der Waals surface area (Å²) in [5, 5.41) is 0. The molecule has 30 heavy (non-hydrogen) atoms. The number of rotatable bonds is 10. The molecule has 0 N–H and O–H groups in total. The molecule has 2 aromatic carbocycles. The van der Waals surface area contributed by atoms with Crippen molar-refractivity contribution >= 4 is 40.3 Å². The smallest absolute Gasteiger partial charge is 0.266 e. The maximum Gasteiger partial charge on any atom is 0.266 e. The van der Waals surface area contributed by atoms with Crippen LogP contribution in [-0.2, 0) is 9.53 Å². The molecule has 0 bridgehead atoms. The number of ether oxygens (including phenoxy) is 3. The van der Waals surface area contributed by atoms with Gasteiger partial charge >= 0.3 is 0 Å². The average Bonchev–Trinajstić information content (AvgIpc) is 3.02. The first-order valence-corrected chi connectivity index (χ1v) is 11.0. The van der Waals surface area contributed by atoms with Gasteiger partial charge < -0.3 is 14.2 Å². The third-order valence-electron chi connectivity index (χ3n) is 4.38. The lowest BCUT2D eigenvalue weighted by Crippen LogP contribution is -2.27. The molecule has 0 aliphatic carbocycles. The first kappa shape index (κ1) is 22.3. The Hall–Kier alpha value is -2.35. The Balaban J connectivity index is 1.35. The molecule has 0 saturated carbocycles. The molecule has 1 fully saturated rings. The van der Waals surface area contributed by atoms with Gasteiger partial charge in [0.1, 0.15) is 29.0 Å². The summed E-state index contributed by atoms with van der Waals surface area (Å²) in [4.78, 5) is 14.5. The molecule has 0 radical (unpaired) electrons. The third-order valence-corrected chi connectivity index (χ3v) is 5.76. The van der Waals surface area contributed by atoms with Gasteiger partial charge in [0.05, 0.1) is 18.1 Å². The van der Waals surface area contributed by atoms with Crippen LogP contribution in [0.1, 0.15) is 18.1 Å². The number of amides is 1. The van der Waals surface area contributed by atoms with Crippen molar-refractivity contribution in [3.63, 3.8) is 0 Å². The second kappa shape index (κ2) is 11.2. The number of likely N-dealkylation sites (N-methyl/N-ethyl adjacent to an activating group) is 1. The predicted molar refractivity (Wildman–Crippen MR) is 125 cm³/mol. The van der Waals surface area contributed by atoms with Crippen LogP contribution in [0.2, 0.25) is 0 Å². The maximum absolute atomic E-state index is 12.3.